The van der Waals surface area contributed by atoms with Crippen LogP contribution in [-0.2, 0) is 13.0 Å². The molecule has 1 heterocycles. The molecule has 0 fully saturated rings. The standard InChI is InChI=1S/C12H18BrN3/c1-4-5-6-11-15-10(7-14)12(13)16(11)8-9(2)3/h9H,4-6,8H2,1-3H3. The zero-order valence-corrected chi connectivity index (χ0v) is 11.7. The first-order valence-corrected chi connectivity index (χ1v) is 6.54. The first-order valence-electron chi connectivity index (χ1n) is 5.75. The largest absolute Gasteiger partial charge is 0.321 e. The molecular weight excluding hydrogens is 266 g/mol. The van der Waals surface area contributed by atoms with E-state index in [-0.39, 0.29) is 0 Å². The minimum atomic E-state index is 0.506. The van der Waals surface area contributed by atoms with E-state index in [2.05, 4.69) is 52.3 Å². The highest BCUT2D eigenvalue weighted by Gasteiger charge is 2.14. The highest BCUT2D eigenvalue weighted by Crippen LogP contribution is 2.21. The second-order valence-corrected chi connectivity index (χ2v) is 5.14. The van der Waals surface area contributed by atoms with E-state index in [9.17, 15) is 0 Å². The van der Waals surface area contributed by atoms with Gasteiger partial charge < -0.3 is 4.57 Å². The lowest BCUT2D eigenvalue weighted by atomic mass is 10.2. The van der Waals surface area contributed by atoms with Crippen LogP contribution >= 0.6 is 15.9 Å². The molecule has 0 spiro atoms. The number of halogens is 1. The van der Waals surface area contributed by atoms with Gasteiger partial charge in [0.2, 0.25) is 0 Å². The van der Waals surface area contributed by atoms with Crippen molar-refractivity contribution in [2.45, 2.75) is 46.6 Å². The Balaban J connectivity index is 3.00. The Bertz CT molecular complexity index is 388. The zero-order chi connectivity index (χ0) is 12.1. The van der Waals surface area contributed by atoms with Crippen LogP contribution in [0, 0.1) is 17.2 Å². The maximum absolute atomic E-state index is 8.96. The van der Waals surface area contributed by atoms with E-state index >= 15 is 0 Å². The minimum absolute atomic E-state index is 0.506. The summed E-state index contributed by atoms with van der Waals surface area (Å²) in [6.07, 6.45) is 3.21. The number of imidazole rings is 1. The lowest BCUT2D eigenvalue weighted by molar-refractivity contribution is 0.497. The van der Waals surface area contributed by atoms with Gasteiger partial charge in [0.15, 0.2) is 5.69 Å². The number of hydrogen-bond donors (Lipinski definition) is 0. The molecule has 0 atom stereocenters. The number of aryl methyl sites for hydroxylation is 1. The third kappa shape index (κ3) is 3.08. The molecule has 0 unspecified atom stereocenters. The van der Waals surface area contributed by atoms with Crippen LogP contribution in [0.2, 0.25) is 0 Å². The number of unbranched alkanes of at least 4 members (excludes halogenated alkanes) is 1. The highest BCUT2D eigenvalue weighted by atomic mass is 79.9. The van der Waals surface area contributed by atoms with Gasteiger partial charge in [0, 0.05) is 13.0 Å². The summed E-state index contributed by atoms with van der Waals surface area (Å²) in [6.45, 7) is 7.41. The molecule has 1 rings (SSSR count). The van der Waals surface area contributed by atoms with E-state index < -0.39 is 0 Å². The number of nitrogens with zero attached hydrogens (tertiary/aromatic N) is 3. The second kappa shape index (κ2) is 6.05. The molecule has 88 valence electrons. The fourth-order valence-electron chi connectivity index (χ4n) is 1.62. The van der Waals surface area contributed by atoms with Crippen LogP contribution in [0.3, 0.4) is 0 Å². The van der Waals surface area contributed by atoms with Gasteiger partial charge in [-0.3, -0.25) is 0 Å². The van der Waals surface area contributed by atoms with Gasteiger partial charge in [-0.2, -0.15) is 5.26 Å². The third-order valence-corrected chi connectivity index (χ3v) is 3.20. The van der Waals surface area contributed by atoms with E-state index in [1.807, 2.05) is 0 Å². The molecule has 1 aromatic heterocycles. The number of aromatic nitrogens is 2. The Morgan fingerprint density at radius 2 is 2.19 bits per heavy atom. The summed E-state index contributed by atoms with van der Waals surface area (Å²) in [5.74, 6) is 1.58. The monoisotopic (exact) mass is 283 g/mol. The first-order chi connectivity index (χ1) is 7.60. The van der Waals surface area contributed by atoms with Crippen molar-refractivity contribution in [3.05, 3.63) is 16.1 Å². The van der Waals surface area contributed by atoms with Gasteiger partial charge in [-0.15, -0.1) is 0 Å². The molecule has 0 saturated carbocycles. The van der Waals surface area contributed by atoms with Gasteiger partial charge in [-0.05, 0) is 28.3 Å². The Hall–Kier alpha value is -0.820. The van der Waals surface area contributed by atoms with Crippen molar-refractivity contribution in [1.82, 2.24) is 9.55 Å². The van der Waals surface area contributed by atoms with Gasteiger partial charge >= 0.3 is 0 Å². The SMILES string of the molecule is CCCCc1nc(C#N)c(Br)n1CC(C)C. The maximum atomic E-state index is 8.96. The van der Waals surface area contributed by atoms with Gasteiger partial charge in [-0.1, -0.05) is 27.2 Å². The topological polar surface area (TPSA) is 41.6 Å². The predicted molar refractivity (Wildman–Crippen MR) is 68.1 cm³/mol. The van der Waals surface area contributed by atoms with Gasteiger partial charge in [0.25, 0.3) is 0 Å². The zero-order valence-electron chi connectivity index (χ0n) is 10.1. The Labute approximate surface area is 106 Å². The second-order valence-electron chi connectivity index (χ2n) is 4.39. The molecule has 3 nitrogen and oxygen atoms in total. The summed E-state index contributed by atoms with van der Waals surface area (Å²) >= 11 is 3.46. The van der Waals surface area contributed by atoms with Crippen molar-refractivity contribution >= 4 is 15.9 Å². The molecule has 0 saturated heterocycles. The summed E-state index contributed by atoms with van der Waals surface area (Å²) in [5, 5.41) is 8.96. The van der Waals surface area contributed by atoms with Crippen LogP contribution < -0.4 is 0 Å². The summed E-state index contributed by atoms with van der Waals surface area (Å²) < 4.78 is 2.95. The van der Waals surface area contributed by atoms with Crippen LogP contribution in [-0.4, -0.2) is 9.55 Å². The fraction of sp³-hybridized carbons (Fsp3) is 0.667. The smallest absolute Gasteiger partial charge is 0.173 e. The number of rotatable bonds is 5. The molecule has 0 bridgehead atoms. The van der Waals surface area contributed by atoms with Crippen LogP contribution in [0.15, 0.2) is 4.60 Å². The van der Waals surface area contributed by atoms with Gasteiger partial charge in [-0.25, -0.2) is 4.98 Å². The Morgan fingerprint density at radius 1 is 1.50 bits per heavy atom. The number of hydrogen-bond acceptors (Lipinski definition) is 2. The van der Waals surface area contributed by atoms with E-state index in [0.29, 0.717) is 11.6 Å². The van der Waals surface area contributed by atoms with Crippen LogP contribution in [0.5, 0.6) is 0 Å². The lowest BCUT2D eigenvalue weighted by Gasteiger charge is -2.11. The number of nitriles is 1. The molecule has 0 aliphatic carbocycles. The van der Waals surface area contributed by atoms with Gasteiger partial charge in [0.05, 0.1) is 0 Å². The molecule has 0 aliphatic heterocycles. The summed E-state index contributed by atoms with van der Waals surface area (Å²) in [4.78, 5) is 4.37. The molecule has 16 heavy (non-hydrogen) atoms. The summed E-state index contributed by atoms with van der Waals surface area (Å²) in [5.41, 5.74) is 0.506. The Morgan fingerprint density at radius 3 is 2.69 bits per heavy atom. The first kappa shape index (κ1) is 13.2. The molecule has 0 aliphatic rings. The van der Waals surface area contributed by atoms with Crippen LogP contribution in [0.25, 0.3) is 0 Å². The molecule has 0 aromatic carbocycles. The minimum Gasteiger partial charge on any atom is -0.321 e. The average molecular weight is 284 g/mol. The van der Waals surface area contributed by atoms with Crippen molar-refractivity contribution in [2.75, 3.05) is 0 Å². The molecule has 0 radical (unpaired) electrons. The molecule has 0 N–H and O–H groups in total. The van der Waals surface area contributed by atoms with E-state index in [0.717, 1.165) is 36.2 Å². The molecular formula is C12H18BrN3. The van der Waals surface area contributed by atoms with Crippen LogP contribution in [0.4, 0.5) is 0 Å². The van der Waals surface area contributed by atoms with Crippen molar-refractivity contribution in [3.8, 4) is 6.07 Å². The van der Waals surface area contributed by atoms with Crippen molar-refractivity contribution in [2.24, 2.45) is 5.92 Å². The van der Waals surface area contributed by atoms with Gasteiger partial charge in [0.1, 0.15) is 16.5 Å². The molecule has 1 aromatic rings. The lowest BCUT2D eigenvalue weighted by Crippen LogP contribution is -2.09. The average Bonchev–Trinajstić information content (AvgIpc) is 2.53. The van der Waals surface area contributed by atoms with Crippen molar-refractivity contribution < 1.29 is 0 Å². The fourth-order valence-corrected chi connectivity index (χ4v) is 2.15. The molecule has 0 amide bonds. The quantitative estimate of drug-likeness (QED) is 0.830. The van der Waals surface area contributed by atoms with Crippen LogP contribution in [0.1, 0.15) is 45.1 Å². The normalized spacial score (nSPS) is 10.8. The molecule has 4 heteroatoms. The Kier molecular flexibility index (Phi) is 5.01. The third-order valence-electron chi connectivity index (χ3n) is 2.39. The van der Waals surface area contributed by atoms with E-state index in [1.54, 1.807) is 0 Å². The van der Waals surface area contributed by atoms with E-state index in [4.69, 9.17) is 5.26 Å². The summed E-state index contributed by atoms with van der Waals surface area (Å²) in [7, 11) is 0. The van der Waals surface area contributed by atoms with E-state index in [1.165, 1.54) is 0 Å². The highest BCUT2D eigenvalue weighted by molar-refractivity contribution is 9.10. The maximum Gasteiger partial charge on any atom is 0.173 e. The summed E-state index contributed by atoms with van der Waals surface area (Å²) in [6, 6.07) is 2.13. The van der Waals surface area contributed by atoms with Crippen molar-refractivity contribution in [1.29, 1.82) is 5.26 Å². The predicted octanol–water partition coefficient (Wildman–Crippen LogP) is 3.52. The van der Waals surface area contributed by atoms with Crippen molar-refractivity contribution in [3.63, 3.8) is 0 Å².